The van der Waals surface area contributed by atoms with Gasteiger partial charge in [0.1, 0.15) is 6.20 Å². The quantitative estimate of drug-likeness (QED) is 0.417. The summed E-state index contributed by atoms with van der Waals surface area (Å²) in [5.74, 6) is 2.71. The predicted molar refractivity (Wildman–Crippen MR) is 32.8 cm³/mol. The highest BCUT2D eigenvalue weighted by Crippen LogP contribution is 1.68. The van der Waals surface area contributed by atoms with E-state index < -0.39 is 0 Å². The van der Waals surface area contributed by atoms with Crippen LogP contribution in [0, 0.1) is 0 Å². The highest BCUT2D eigenvalue weighted by Gasteiger charge is 1.86. The Kier molecular flexibility index (Phi) is 4.26. The van der Waals surface area contributed by atoms with Crippen molar-refractivity contribution in [1.82, 2.24) is 0 Å². The van der Waals surface area contributed by atoms with Gasteiger partial charge in [0.15, 0.2) is 11.9 Å². The molecule has 3 heteroatoms. The Morgan fingerprint density at radius 3 is 3.22 bits per heavy atom. The van der Waals surface area contributed by atoms with E-state index in [4.69, 9.17) is 0 Å². The summed E-state index contributed by atoms with van der Waals surface area (Å²) in [6, 6.07) is 0. The molecule has 0 atom stereocenters. The van der Waals surface area contributed by atoms with E-state index in [1.54, 1.807) is 18.5 Å². The largest absolute Gasteiger partial charge is 1.00 e. The van der Waals surface area contributed by atoms with Gasteiger partial charge in [-0.1, -0.05) is 0 Å². The first-order valence-corrected chi connectivity index (χ1v) is 2.43. The van der Waals surface area contributed by atoms with Crippen molar-refractivity contribution >= 4 is 11.6 Å². The van der Waals surface area contributed by atoms with Crippen LogP contribution in [-0.4, -0.2) is 11.6 Å². The fraction of sp³-hybridized carbons (Fsp3) is 0.167. The maximum absolute atomic E-state index is 3.75. The zero-order chi connectivity index (χ0) is 5.82. The second kappa shape index (κ2) is 4.47. The summed E-state index contributed by atoms with van der Waals surface area (Å²) in [6.07, 6.45) is 5.22. The van der Waals surface area contributed by atoms with Crippen molar-refractivity contribution < 1.29 is 29.0 Å². The summed E-state index contributed by atoms with van der Waals surface area (Å²) in [5, 5.41) is 0. The molecule has 0 unspecified atom stereocenters. The van der Waals surface area contributed by atoms with Crippen LogP contribution in [0.4, 0.5) is 0 Å². The van der Waals surface area contributed by atoms with Crippen molar-refractivity contribution in [2.75, 3.05) is 0 Å². The van der Waals surface area contributed by atoms with Gasteiger partial charge < -0.3 is 24.0 Å². The number of halogens is 1. The van der Waals surface area contributed by atoms with E-state index in [9.17, 15) is 0 Å². The number of rotatable bonds is 0. The molecule has 1 heterocycles. The van der Waals surface area contributed by atoms with Gasteiger partial charge in [0.05, 0.1) is 6.08 Å². The molecule has 0 aromatic heterocycles. The topological polar surface area (TPSA) is 26.3 Å². The molecular formula is C6H7IN2. The fourth-order valence-corrected chi connectivity index (χ4v) is 0.425. The number of aliphatic imine (C=N–C) groups is 1. The van der Waals surface area contributed by atoms with E-state index in [1.165, 1.54) is 0 Å². The van der Waals surface area contributed by atoms with E-state index in [0.29, 0.717) is 0 Å². The van der Waals surface area contributed by atoms with Gasteiger partial charge in [-0.25, -0.2) is 9.98 Å². The van der Waals surface area contributed by atoms with Crippen LogP contribution in [0.2, 0.25) is 0 Å². The number of hydrogen-bond acceptors (Lipinski definition) is 1. The smallest absolute Gasteiger partial charge is 0.186 e. The predicted octanol–water partition coefficient (Wildman–Crippen LogP) is -3.76. The Balaban J connectivity index is 0.000000640. The molecule has 48 valence electrons. The third kappa shape index (κ3) is 3.21. The SMILES string of the molecule is CC1=[NH+]C=CN=C=C1.[I-]. The van der Waals surface area contributed by atoms with Crippen molar-refractivity contribution in [2.45, 2.75) is 6.92 Å². The molecule has 0 aromatic rings. The molecule has 0 radical (unpaired) electrons. The Morgan fingerprint density at radius 1 is 1.67 bits per heavy atom. The highest BCUT2D eigenvalue weighted by molar-refractivity contribution is 5.95. The molecule has 0 fully saturated rings. The van der Waals surface area contributed by atoms with Crippen molar-refractivity contribution in [2.24, 2.45) is 4.99 Å². The molecule has 2 nitrogen and oxygen atoms in total. The molecular weight excluding hydrogens is 227 g/mol. The molecule has 0 saturated heterocycles. The molecule has 0 bridgehead atoms. The van der Waals surface area contributed by atoms with Crippen molar-refractivity contribution in [3.63, 3.8) is 0 Å². The molecule has 1 rings (SSSR count). The van der Waals surface area contributed by atoms with Crippen LogP contribution in [0.1, 0.15) is 6.92 Å². The molecule has 1 aliphatic heterocycles. The van der Waals surface area contributed by atoms with Crippen LogP contribution >= 0.6 is 0 Å². The molecule has 1 aliphatic rings. The molecule has 9 heavy (non-hydrogen) atoms. The Bertz CT molecular complexity index is 197. The molecule has 0 aliphatic carbocycles. The number of allylic oxidation sites excluding steroid dienone is 1. The summed E-state index contributed by atoms with van der Waals surface area (Å²) in [5.41, 5.74) is 1.06. The Morgan fingerprint density at radius 2 is 2.44 bits per heavy atom. The highest BCUT2D eigenvalue weighted by atomic mass is 127. The fourth-order valence-electron chi connectivity index (χ4n) is 0.425. The van der Waals surface area contributed by atoms with E-state index in [-0.39, 0.29) is 24.0 Å². The van der Waals surface area contributed by atoms with Crippen molar-refractivity contribution in [3.05, 3.63) is 18.5 Å². The summed E-state index contributed by atoms with van der Waals surface area (Å²) >= 11 is 0. The van der Waals surface area contributed by atoms with Crippen molar-refractivity contribution in [3.8, 4) is 0 Å². The van der Waals surface area contributed by atoms with Gasteiger partial charge in [-0.05, 0) is 5.87 Å². The van der Waals surface area contributed by atoms with Gasteiger partial charge in [0.25, 0.3) is 0 Å². The van der Waals surface area contributed by atoms with Gasteiger partial charge in [-0.15, -0.1) is 0 Å². The monoisotopic (exact) mass is 234 g/mol. The zero-order valence-electron chi connectivity index (χ0n) is 5.06. The lowest BCUT2D eigenvalue weighted by Gasteiger charge is -1.68. The van der Waals surface area contributed by atoms with E-state index >= 15 is 0 Å². The van der Waals surface area contributed by atoms with Crippen LogP contribution < -0.4 is 29.0 Å². The van der Waals surface area contributed by atoms with Gasteiger partial charge in [-0.3, -0.25) is 0 Å². The minimum Gasteiger partial charge on any atom is -1.00 e. The Hall–Kier alpha value is -0.410. The minimum atomic E-state index is 0. The van der Waals surface area contributed by atoms with E-state index in [2.05, 4.69) is 15.9 Å². The maximum atomic E-state index is 3.75. The lowest BCUT2D eigenvalue weighted by Crippen LogP contribution is -3.00. The van der Waals surface area contributed by atoms with Gasteiger partial charge in [0.2, 0.25) is 0 Å². The van der Waals surface area contributed by atoms with Gasteiger partial charge in [-0.2, -0.15) is 0 Å². The first kappa shape index (κ1) is 8.59. The second-order valence-corrected chi connectivity index (χ2v) is 1.55. The van der Waals surface area contributed by atoms with Gasteiger partial charge in [0, 0.05) is 6.92 Å². The first-order valence-electron chi connectivity index (χ1n) is 2.43. The molecule has 1 N–H and O–H groups in total. The molecule has 0 aromatic carbocycles. The van der Waals surface area contributed by atoms with Crippen LogP contribution in [0.3, 0.4) is 0 Å². The third-order valence-electron chi connectivity index (χ3n) is 0.816. The van der Waals surface area contributed by atoms with Crippen LogP contribution in [0.15, 0.2) is 23.5 Å². The Labute approximate surface area is 71.1 Å². The lowest BCUT2D eigenvalue weighted by atomic mass is 10.4. The van der Waals surface area contributed by atoms with E-state index in [1.807, 2.05) is 6.92 Å². The average Bonchev–Trinajstić information content (AvgIpc) is 1.94. The summed E-state index contributed by atoms with van der Waals surface area (Å²) < 4.78 is 0. The first-order chi connectivity index (χ1) is 3.89. The molecule has 0 saturated carbocycles. The lowest BCUT2D eigenvalue weighted by molar-refractivity contribution is -0.372. The molecule has 0 amide bonds. The van der Waals surface area contributed by atoms with Crippen molar-refractivity contribution in [1.29, 1.82) is 0 Å². The second-order valence-electron chi connectivity index (χ2n) is 1.55. The zero-order valence-corrected chi connectivity index (χ0v) is 7.21. The van der Waals surface area contributed by atoms with Crippen LogP contribution in [0.25, 0.3) is 0 Å². The average molecular weight is 234 g/mol. The summed E-state index contributed by atoms with van der Waals surface area (Å²) in [6.45, 7) is 1.96. The third-order valence-corrected chi connectivity index (χ3v) is 0.816. The maximum Gasteiger partial charge on any atom is 0.186 e. The van der Waals surface area contributed by atoms with Crippen LogP contribution in [-0.2, 0) is 0 Å². The number of hydrogen-bond donors (Lipinski definition) is 1. The summed E-state index contributed by atoms with van der Waals surface area (Å²) in [7, 11) is 0. The summed E-state index contributed by atoms with van der Waals surface area (Å²) in [4.78, 5) is 6.72. The standard InChI is InChI=1S/C6H6N2.HI/c1-6-2-3-7-4-5-8-6;/h2,4-5H,1H3;1H. The van der Waals surface area contributed by atoms with Gasteiger partial charge >= 0.3 is 0 Å². The number of nitrogens with one attached hydrogen (secondary N) is 1. The normalized spacial score (nSPS) is 14.1. The van der Waals surface area contributed by atoms with E-state index in [0.717, 1.165) is 5.71 Å². The van der Waals surface area contributed by atoms with Crippen LogP contribution in [0.5, 0.6) is 0 Å². The minimum absolute atomic E-state index is 0. The number of nitrogens with zero attached hydrogens (tertiary/aromatic N) is 1. The molecule has 0 spiro atoms.